The smallest absolute Gasteiger partial charge is 0.159 e. The Bertz CT molecular complexity index is 399. The highest BCUT2D eigenvalue weighted by atomic mass is 19.1. The molecule has 0 heterocycles. The highest BCUT2D eigenvalue weighted by Gasteiger charge is 2.15. The molecule has 1 aromatic rings. The quantitative estimate of drug-likeness (QED) is 0.728. The Kier molecular flexibility index (Phi) is 4.67. The molecule has 0 aliphatic carbocycles. The van der Waals surface area contributed by atoms with E-state index in [9.17, 15) is 9.18 Å². The molecule has 0 atom stereocenters. The van der Waals surface area contributed by atoms with E-state index in [1.807, 2.05) is 11.9 Å². The van der Waals surface area contributed by atoms with E-state index >= 15 is 0 Å². The van der Waals surface area contributed by atoms with Crippen LogP contribution in [0.5, 0.6) is 0 Å². The number of hydrogen-bond donors (Lipinski definition) is 0. The summed E-state index contributed by atoms with van der Waals surface area (Å²) in [7, 11) is 1.89. The van der Waals surface area contributed by atoms with Gasteiger partial charge in [-0.3, -0.25) is 4.79 Å². The average Bonchev–Trinajstić information content (AvgIpc) is 2.30. The summed E-state index contributed by atoms with van der Waals surface area (Å²) in [6.45, 7) is 5.62. The molecule has 0 amide bonds. The first-order valence-corrected chi connectivity index (χ1v) is 6.04. The number of benzene rings is 1. The summed E-state index contributed by atoms with van der Waals surface area (Å²) in [5.74, 6) is -0.437. The van der Waals surface area contributed by atoms with E-state index in [-0.39, 0.29) is 11.6 Å². The summed E-state index contributed by atoms with van der Waals surface area (Å²) in [6, 6.07) is 5.01. The lowest BCUT2D eigenvalue weighted by molar-refractivity contribution is 0.101. The second-order valence-electron chi connectivity index (χ2n) is 4.30. The Balaban J connectivity index is 3.03. The van der Waals surface area contributed by atoms with Gasteiger partial charge in [-0.2, -0.15) is 0 Å². The van der Waals surface area contributed by atoms with Gasteiger partial charge < -0.3 is 4.90 Å². The summed E-state index contributed by atoms with van der Waals surface area (Å²) in [4.78, 5) is 13.1. The number of carbonyl (C=O) groups is 1. The summed E-state index contributed by atoms with van der Waals surface area (Å²) in [6.07, 6.45) is 1.95. The molecule has 0 saturated heterocycles. The van der Waals surface area contributed by atoms with Crippen LogP contribution in [-0.4, -0.2) is 18.9 Å². The first-order chi connectivity index (χ1) is 8.01. The van der Waals surface area contributed by atoms with E-state index in [0.717, 1.165) is 12.8 Å². The number of anilines is 1. The van der Waals surface area contributed by atoms with Crippen molar-refractivity contribution in [2.45, 2.75) is 39.7 Å². The molecule has 94 valence electrons. The van der Waals surface area contributed by atoms with Crippen molar-refractivity contribution >= 4 is 11.5 Å². The molecule has 0 radical (unpaired) electrons. The van der Waals surface area contributed by atoms with Gasteiger partial charge in [-0.25, -0.2) is 4.39 Å². The van der Waals surface area contributed by atoms with Gasteiger partial charge in [0.05, 0.1) is 5.69 Å². The van der Waals surface area contributed by atoms with E-state index in [1.54, 1.807) is 12.1 Å². The van der Waals surface area contributed by atoms with Crippen molar-refractivity contribution in [2.24, 2.45) is 0 Å². The lowest BCUT2D eigenvalue weighted by Crippen LogP contribution is -2.31. The maximum Gasteiger partial charge on any atom is 0.159 e. The zero-order valence-electron chi connectivity index (χ0n) is 11.0. The largest absolute Gasteiger partial charge is 0.369 e. The monoisotopic (exact) mass is 237 g/mol. The molecule has 1 rings (SSSR count). The van der Waals surface area contributed by atoms with Crippen molar-refractivity contribution in [2.75, 3.05) is 11.9 Å². The van der Waals surface area contributed by atoms with Gasteiger partial charge in [0.2, 0.25) is 0 Å². The maximum absolute atomic E-state index is 13.9. The lowest BCUT2D eigenvalue weighted by Gasteiger charge is -2.28. The molecule has 1 aromatic carbocycles. The number of ketones is 1. The van der Waals surface area contributed by atoms with E-state index in [4.69, 9.17) is 0 Å². The molecule has 0 aliphatic heterocycles. The number of rotatable bonds is 5. The SMILES string of the molecule is CCC(CC)N(C)c1ccc(C(C)=O)cc1F. The average molecular weight is 237 g/mol. The predicted molar refractivity (Wildman–Crippen MR) is 69.2 cm³/mol. The lowest BCUT2D eigenvalue weighted by atomic mass is 10.1. The standard InChI is InChI=1S/C14H20FNO/c1-5-12(6-2)16(4)14-8-7-11(10(3)17)9-13(14)15/h7-9,12H,5-6H2,1-4H3. The molecule has 0 N–H and O–H groups in total. The number of nitrogens with zero attached hydrogens (tertiary/aromatic N) is 1. The number of carbonyl (C=O) groups excluding carboxylic acids is 1. The third kappa shape index (κ3) is 3.05. The first-order valence-electron chi connectivity index (χ1n) is 6.04. The molecule has 0 aliphatic rings. The van der Waals surface area contributed by atoms with Crippen LogP contribution in [-0.2, 0) is 0 Å². The molecular weight excluding hydrogens is 217 g/mol. The van der Waals surface area contributed by atoms with Gasteiger partial charge in [0.1, 0.15) is 5.82 Å². The number of halogens is 1. The van der Waals surface area contributed by atoms with Crippen molar-refractivity contribution in [1.82, 2.24) is 0 Å². The minimum Gasteiger partial charge on any atom is -0.369 e. The van der Waals surface area contributed by atoms with Crippen LogP contribution in [0.3, 0.4) is 0 Å². The zero-order chi connectivity index (χ0) is 13.0. The molecule has 0 bridgehead atoms. The fourth-order valence-electron chi connectivity index (χ4n) is 2.05. The van der Waals surface area contributed by atoms with Crippen LogP contribution in [0.15, 0.2) is 18.2 Å². The topological polar surface area (TPSA) is 20.3 Å². The predicted octanol–water partition coefficient (Wildman–Crippen LogP) is 3.65. The van der Waals surface area contributed by atoms with Gasteiger partial charge in [-0.1, -0.05) is 13.8 Å². The molecule has 0 saturated carbocycles. The van der Waals surface area contributed by atoms with Crippen LogP contribution in [0.25, 0.3) is 0 Å². The third-order valence-corrected chi connectivity index (χ3v) is 3.22. The van der Waals surface area contributed by atoms with Crippen molar-refractivity contribution in [3.8, 4) is 0 Å². The molecular formula is C14H20FNO. The Labute approximate surface area is 102 Å². The molecule has 0 aromatic heterocycles. The van der Waals surface area contributed by atoms with E-state index in [1.165, 1.54) is 13.0 Å². The highest BCUT2D eigenvalue weighted by Crippen LogP contribution is 2.23. The van der Waals surface area contributed by atoms with Crippen LogP contribution in [0, 0.1) is 5.82 Å². The van der Waals surface area contributed by atoms with E-state index in [2.05, 4.69) is 13.8 Å². The molecule has 0 unspecified atom stereocenters. The second kappa shape index (κ2) is 5.80. The van der Waals surface area contributed by atoms with Crippen LogP contribution in [0.2, 0.25) is 0 Å². The Morgan fingerprint density at radius 2 is 1.94 bits per heavy atom. The van der Waals surface area contributed by atoms with Crippen LogP contribution in [0.1, 0.15) is 44.0 Å². The van der Waals surface area contributed by atoms with Gasteiger partial charge >= 0.3 is 0 Å². The van der Waals surface area contributed by atoms with Crippen molar-refractivity contribution in [1.29, 1.82) is 0 Å². The number of Topliss-reactive ketones (excluding diaryl/α,β-unsaturated/α-hetero) is 1. The van der Waals surface area contributed by atoms with Gasteiger partial charge in [0.25, 0.3) is 0 Å². The fraction of sp³-hybridized carbons (Fsp3) is 0.500. The maximum atomic E-state index is 13.9. The summed E-state index contributed by atoms with van der Waals surface area (Å²) < 4.78 is 13.9. The van der Waals surface area contributed by atoms with Crippen LogP contribution < -0.4 is 4.90 Å². The zero-order valence-corrected chi connectivity index (χ0v) is 11.0. The number of hydrogen-bond acceptors (Lipinski definition) is 2. The molecule has 0 fully saturated rings. The van der Waals surface area contributed by atoms with Crippen molar-refractivity contribution in [3.05, 3.63) is 29.6 Å². The third-order valence-electron chi connectivity index (χ3n) is 3.22. The summed E-state index contributed by atoms with van der Waals surface area (Å²) in [5.41, 5.74) is 0.980. The van der Waals surface area contributed by atoms with Gasteiger partial charge in [0, 0.05) is 18.7 Å². The second-order valence-corrected chi connectivity index (χ2v) is 4.30. The summed E-state index contributed by atoms with van der Waals surface area (Å²) in [5, 5.41) is 0. The molecule has 0 spiro atoms. The van der Waals surface area contributed by atoms with E-state index < -0.39 is 0 Å². The minimum absolute atomic E-state index is 0.111. The van der Waals surface area contributed by atoms with E-state index in [0.29, 0.717) is 17.3 Å². The molecule has 3 heteroatoms. The van der Waals surface area contributed by atoms with Crippen LogP contribution in [0.4, 0.5) is 10.1 Å². The Hall–Kier alpha value is -1.38. The van der Waals surface area contributed by atoms with Gasteiger partial charge in [-0.15, -0.1) is 0 Å². The van der Waals surface area contributed by atoms with Gasteiger partial charge in [0.15, 0.2) is 5.78 Å². The Morgan fingerprint density at radius 3 is 2.35 bits per heavy atom. The van der Waals surface area contributed by atoms with Crippen molar-refractivity contribution < 1.29 is 9.18 Å². The normalized spacial score (nSPS) is 10.7. The molecule has 17 heavy (non-hydrogen) atoms. The summed E-state index contributed by atoms with van der Waals surface area (Å²) >= 11 is 0. The Morgan fingerprint density at radius 1 is 1.35 bits per heavy atom. The van der Waals surface area contributed by atoms with Crippen LogP contribution >= 0.6 is 0 Å². The highest BCUT2D eigenvalue weighted by molar-refractivity contribution is 5.94. The molecule has 2 nitrogen and oxygen atoms in total. The van der Waals surface area contributed by atoms with Gasteiger partial charge in [-0.05, 0) is 38.0 Å². The fourth-order valence-corrected chi connectivity index (χ4v) is 2.05. The minimum atomic E-state index is -0.327. The first kappa shape index (κ1) is 13.7. The van der Waals surface area contributed by atoms with Crippen molar-refractivity contribution in [3.63, 3.8) is 0 Å².